The van der Waals surface area contributed by atoms with Crippen molar-refractivity contribution in [1.29, 1.82) is 0 Å². The fourth-order valence-electron chi connectivity index (χ4n) is 2.00. The van der Waals surface area contributed by atoms with Crippen LogP contribution >= 0.6 is 0 Å². The second-order valence-electron chi connectivity index (χ2n) is 4.53. The van der Waals surface area contributed by atoms with Crippen LogP contribution in [0.25, 0.3) is 0 Å². The van der Waals surface area contributed by atoms with E-state index in [9.17, 15) is 0 Å². The highest BCUT2D eigenvalue weighted by atomic mass is 16.5. The number of nitrogens with one attached hydrogen (secondary N) is 2. The number of nitrogens with zero attached hydrogens (tertiary/aromatic N) is 3. The number of hydrogen-bond donors (Lipinski definition) is 3. The van der Waals surface area contributed by atoms with Gasteiger partial charge >= 0.3 is 0 Å². The molecule has 2 rings (SSSR count). The highest BCUT2D eigenvalue weighted by Crippen LogP contribution is 2.21. The van der Waals surface area contributed by atoms with E-state index in [4.69, 9.17) is 10.5 Å². The molecule has 7 nitrogen and oxygen atoms in total. The van der Waals surface area contributed by atoms with Gasteiger partial charge < -0.3 is 21.1 Å². The van der Waals surface area contributed by atoms with E-state index in [1.165, 1.54) is 6.33 Å². The first-order valence-corrected chi connectivity index (χ1v) is 6.80. The van der Waals surface area contributed by atoms with Crippen molar-refractivity contribution in [1.82, 2.24) is 14.9 Å². The Kier molecular flexibility index (Phi) is 5.57. The van der Waals surface area contributed by atoms with Crippen LogP contribution in [0.1, 0.15) is 0 Å². The molecule has 0 aliphatic carbocycles. The molecule has 0 unspecified atom stereocenters. The van der Waals surface area contributed by atoms with Crippen LogP contribution in [0.5, 0.6) is 0 Å². The first kappa shape index (κ1) is 14.5. The Hall–Kier alpha value is -1.86. The summed E-state index contributed by atoms with van der Waals surface area (Å²) in [6, 6.07) is 0. The Morgan fingerprint density at radius 1 is 1.30 bits per heavy atom. The molecule has 0 radical (unpaired) electrons. The molecule has 0 aromatic carbocycles. The van der Waals surface area contributed by atoms with E-state index in [1.807, 2.05) is 0 Å². The van der Waals surface area contributed by atoms with Crippen LogP contribution in [0.15, 0.2) is 19.0 Å². The van der Waals surface area contributed by atoms with E-state index in [2.05, 4.69) is 32.1 Å². The maximum atomic E-state index is 6.03. The van der Waals surface area contributed by atoms with Gasteiger partial charge in [-0.25, -0.2) is 9.97 Å². The third-order valence-corrected chi connectivity index (χ3v) is 3.12. The highest BCUT2D eigenvalue weighted by Gasteiger charge is 2.11. The number of ether oxygens (including phenoxy) is 1. The molecule has 2 heterocycles. The molecule has 0 spiro atoms. The predicted octanol–water partition coefficient (Wildman–Crippen LogP) is 0.401. The molecular weight excluding hydrogens is 256 g/mol. The van der Waals surface area contributed by atoms with Gasteiger partial charge in [0, 0.05) is 32.7 Å². The average Bonchev–Trinajstić information content (AvgIpc) is 2.49. The lowest BCUT2D eigenvalue weighted by atomic mass is 10.4. The molecule has 7 heteroatoms. The third kappa shape index (κ3) is 4.07. The number of hydrogen-bond acceptors (Lipinski definition) is 7. The van der Waals surface area contributed by atoms with Gasteiger partial charge in [0.05, 0.1) is 13.2 Å². The maximum absolute atomic E-state index is 6.03. The number of nitrogens with two attached hydrogens (primary N) is 1. The van der Waals surface area contributed by atoms with Crippen molar-refractivity contribution >= 4 is 17.3 Å². The molecule has 20 heavy (non-hydrogen) atoms. The van der Waals surface area contributed by atoms with Crippen molar-refractivity contribution < 1.29 is 4.74 Å². The Labute approximate surface area is 119 Å². The summed E-state index contributed by atoms with van der Waals surface area (Å²) in [5, 5.41) is 6.33. The third-order valence-electron chi connectivity index (χ3n) is 3.12. The minimum atomic E-state index is 0.538. The van der Waals surface area contributed by atoms with Crippen LogP contribution in [-0.4, -0.2) is 60.8 Å². The van der Waals surface area contributed by atoms with Gasteiger partial charge in [0.25, 0.3) is 0 Å². The molecule has 1 aliphatic heterocycles. The van der Waals surface area contributed by atoms with Gasteiger partial charge in [-0.05, 0) is 0 Å². The molecule has 0 amide bonds. The highest BCUT2D eigenvalue weighted by molar-refractivity contribution is 5.74. The quantitative estimate of drug-likeness (QED) is 0.622. The Morgan fingerprint density at radius 2 is 2.00 bits per heavy atom. The van der Waals surface area contributed by atoms with Crippen molar-refractivity contribution in [3.8, 4) is 0 Å². The summed E-state index contributed by atoms with van der Waals surface area (Å²) in [7, 11) is 0. The lowest BCUT2D eigenvalue weighted by Gasteiger charge is -2.26. The fourth-order valence-corrected chi connectivity index (χ4v) is 2.00. The van der Waals surface area contributed by atoms with Crippen LogP contribution in [0.2, 0.25) is 0 Å². The van der Waals surface area contributed by atoms with Crippen LogP contribution in [-0.2, 0) is 4.74 Å². The van der Waals surface area contributed by atoms with Crippen molar-refractivity contribution in [3.05, 3.63) is 19.0 Å². The first-order valence-electron chi connectivity index (χ1n) is 6.80. The topological polar surface area (TPSA) is 88.3 Å². The van der Waals surface area contributed by atoms with Crippen LogP contribution in [0.3, 0.4) is 0 Å². The smallest absolute Gasteiger partial charge is 0.155 e. The number of rotatable bonds is 7. The molecule has 0 atom stereocenters. The van der Waals surface area contributed by atoms with Gasteiger partial charge in [-0.1, -0.05) is 6.08 Å². The normalized spacial score (nSPS) is 15.8. The van der Waals surface area contributed by atoms with Gasteiger partial charge in [-0.3, -0.25) is 4.90 Å². The van der Waals surface area contributed by atoms with E-state index >= 15 is 0 Å². The molecular formula is C13H22N6O. The summed E-state index contributed by atoms with van der Waals surface area (Å²) in [4.78, 5) is 10.6. The molecule has 4 N–H and O–H groups in total. The largest absolute Gasteiger partial charge is 0.393 e. The summed E-state index contributed by atoms with van der Waals surface area (Å²) in [5.41, 5.74) is 6.56. The van der Waals surface area contributed by atoms with Crippen LogP contribution in [0, 0.1) is 0 Å². The zero-order chi connectivity index (χ0) is 14.2. The molecule has 0 bridgehead atoms. The standard InChI is InChI=1S/C13H22N6O/c1-2-3-15-12-11(14)13(18-10-17-12)16-4-5-19-6-8-20-9-7-19/h2,10H,1,3-9,14H2,(H2,15,16,17,18). The number of anilines is 3. The predicted molar refractivity (Wildman–Crippen MR) is 80.9 cm³/mol. The summed E-state index contributed by atoms with van der Waals surface area (Å²) >= 11 is 0. The number of morpholine rings is 1. The Balaban J connectivity index is 1.83. The lowest BCUT2D eigenvalue weighted by Crippen LogP contribution is -2.39. The van der Waals surface area contributed by atoms with Crippen molar-refractivity contribution in [2.75, 3.05) is 62.3 Å². The van der Waals surface area contributed by atoms with Crippen LogP contribution in [0.4, 0.5) is 17.3 Å². The van der Waals surface area contributed by atoms with E-state index in [1.54, 1.807) is 6.08 Å². The first-order chi connectivity index (χ1) is 9.81. The average molecular weight is 278 g/mol. The minimum absolute atomic E-state index is 0.538. The van der Waals surface area contributed by atoms with E-state index in [0.717, 1.165) is 39.4 Å². The maximum Gasteiger partial charge on any atom is 0.155 e. The van der Waals surface area contributed by atoms with Gasteiger partial charge in [0.15, 0.2) is 11.6 Å². The summed E-state index contributed by atoms with van der Waals surface area (Å²) < 4.78 is 5.32. The van der Waals surface area contributed by atoms with Crippen molar-refractivity contribution in [2.24, 2.45) is 0 Å². The lowest BCUT2D eigenvalue weighted by molar-refractivity contribution is 0.0398. The molecule has 1 fully saturated rings. The molecule has 1 saturated heterocycles. The van der Waals surface area contributed by atoms with Crippen LogP contribution < -0.4 is 16.4 Å². The summed E-state index contributed by atoms with van der Waals surface area (Å²) in [6.45, 7) is 9.59. The number of aromatic nitrogens is 2. The van der Waals surface area contributed by atoms with E-state index < -0.39 is 0 Å². The zero-order valence-corrected chi connectivity index (χ0v) is 11.6. The second kappa shape index (κ2) is 7.66. The zero-order valence-electron chi connectivity index (χ0n) is 11.6. The molecule has 1 aliphatic rings. The second-order valence-corrected chi connectivity index (χ2v) is 4.53. The van der Waals surface area contributed by atoms with E-state index in [0.29, 0.717) is 23.9 Å². The van der Waals surface area contributed by atoms with Crippen molar-refractivity contribution in [3.63, 3.8) is 0 Å². The summed E-state index contributed by atoms with van der Waals surface area (Å²) in [6.07, 6.45) is 3.26. The van der Waals surface area contributed by atoms with E-state index in [-0.39, 0.29) is 0 Å². The van der Waals surface area contributed by atoms with Gasteiger partial charge in [0.1, 0.15) is 12.0 Å². The molecule has 0 saturated carbocycles. The Bertz CT molecular complexity index is 433. The van der Waals surface area contributed by atoms with Crippen molar-refractivity contribution in [2.45, 2.75) is 0 Å². The number of nitrogen functional groups attached to an aromatic ring is 1. The fraction of sp³-hybridized carbons (Fsp3) is 0.538. The molecule has 110 valence electrons. The van der Waals surface area contributed by atoms with Gasteiger partial charge in [-0.2, -0.15) is 0 Å². The molecule has 1 aromatic heterocycles. The van der Waals surface area contributed by atoms with Gasteiger partial charge in [-0.15, -0.1) is 6.58 Å². The monoisotopic (exact) mass is 278 g/mol. The Morgan fingerprint density at radius 3 is 2.70 bits per heavy atom. The minimum Gasteiger partial charge on any atom is -0.393 e. The summed E-state index contributed by atoms with van der Waals surface area (Å²) in [5.74, 6) is 1.30. The van der Waals surface area contributed by atoms with Gasteiger partial charge in [0.2, 0.25) is 0 Å². The SMILES string of the molecule is C=CCNc1ncnc(NCCN2CCOCC2)c1N. The molecule has 1 aromatic rings.